The van der Waals surface area contributed by atoms with Crippen molar-refractivity contribution in [2.45, 2.75) is 6.18 Å². The summed E-state index contributed by atoms with van der Waals surface area (Å²) in [6.45, 7) is 1.76. The third-order valence-electron chi connectivity index (χ3n) is 6.91. The first-order valence-corrected chi connectivity index (χ1v) is 13.9. The maximum atomic E-state index is 13.1. The number of aromatic nitrogens is 5. The number of fused-ring (bicyclic) bond motifs is 2. The number of anilines is 5. The van der Waals surface area contributed by atoms with Crippen molar-refractivity contribution in [1.29, 1.82) is 0 Å². The zero-order valence-electron chi connectivity index (χ0n) is 22.4. The number of aromatic amines is 2. The first-order chi connectivity index (χ1) is 20.3. The van der Waals surface area contributed by atoms with Crippen LogP contribution in [0.5, 0.6) is 5.75 Å². The van der Waals surface area contributed by atoms with Crippen molar-refractivity contribution < 1.29 is 27.5 Å². The van der Waals surface area contributed by atoms with E-state index in [0.717, 1.165) is 31.9 Å². The third kappa shape index (κ3) is 5.90. The van der Waals surface area contributed by atoms with Gasteiger partial charge in [0.1, 0.15) is 11.2 Å². The molecule has 0 spiro atoms. The molecule has 11 nitrogen and oxygen atoms in total. The summed E-state index contributed by atoms with van der Waals surface area (Å²) < 4.78 is 56.8. The molecule has 0 aliphatic carbocycles. The van der Waals surface area contributed by atoms with Crippen LogP contribution in [0.4, 0.5) is 42.0 Å². The highest BCUT2D eigenvalue weighted by molar-refractivity contribution is 7.35. The van der Waals surface area contributed by atoms with E-state index in [4.69, 9.17) is 4.74 Å². The smallest absolute Gasteiger partial charge is 0.422 e. The Hall–Kier alpha value is -4.55. The summed E-state index contributed by atoms with van der Waals surface area (Å²) in [6.07, 6.45) is 0.297. The molecule has 0 amide bonds. The Bertz CT molecular complexity index is 1760. The summed E-state index contributed by atoms with van der Waals surface area (Å²) in [7, 11) is 1.78. The Morgan fingerprint density at radius 1 is 1.05 bits per heavy atom. The number of alkyl halides is 3. The highest BCUT2D eigenvalue weighted by Gasteiger charge is 2.30. The molecule has 1 aliphatic heterocycles. The molecule has 0 saturated carbocycles. The molecule has 42 heavy (non-hydrogen) atoms. The second-order valence-electron chi connectivity index (χ2n) is 9.80. The Morgan fingerprint density at radius 3 is 2.62 bits per heavy atom. The fourth-order valence-electron chi connectivity index (χ4n) is 4.77. The average molecular weight is 597 g/mol. The molecule has 15 heteroatoms. The molecule has 216 valence electrons. The number of likely N-dealkylation sites (N-methyl/N-ethyl adjacent to an activating group) is 1. The van der Waals surface area contributed by atoms with E-state index >= 15 is 0 Å². The third-order valence-corrected chi connectivity index (χ3v) is 7.54. The number of rotatable bonds is 8. The molecule has 0 bridgehead atoms. The van der Waals surface area contributed by atoms with Gasteiger partial charge >= 0.3 is 12.1 Å². The number of hydrogen-bond acceptors (Lipinski definition) is 9. The Kier molecular flexibility index (Phi) is 7.48. The Labute approximate surface area is 239 Å². The fraction of sp³-hybridized carbons (Fsp3) is 0.259. The molecule has 0 radical (unpaired) electrons. The number of benzene rings is 2. The van der Waals surface area contributed by atoms with Gasteiger partial charge < -0.3 is 19.9 Å². The van der Waals surface area contributed by atoms with Crippen molar-refractivity contribution in [3.8, 4) is 5.75 Å². The summed E-state index contributed by atoms with van der Waals surface area (Å²) in [4.78, 5) is 23.8. The van der Waals surface area contributed by atoms with Gasteiger partial charge in [-0.15, -0.1) is 0 Å². The van der Waals surface area contributed by atoms with E-state index < -0.39 is 12.8 Å². The van der Waals surface area contributed by atoms with Gasteiger partial charge in [0.15, 0.2) is 20.8 Å². The highest BCUT2D eigenvalue weighted by Crippen LogP contribution is 2.34. The lowest BCUT2D eigenvalue weighted by Gasteiger charge is -2.34. The number of ether oxygens (including phenoxy) is 1. The van der Waals surface area contributed by atoms with Crippen LogP contribution in [-0.4, -0.2) is 70.8 Å². The fourth-order valence-corrected chi connectivity index (χ4v) is 5.26. The lowest BCUT2D eigenvalue weighted by atomic mass is 10.2. The molecule has 4 heterocycles. The maximum absolute atomic E-state index is 13.1. The Morgan fingerprint density at radius 2 is 1.83 bits per heavy atom. The lowest BCUT2D eigenvalue weighted by Crippen LogP contribution is -2.44. The molecule has 0 unspecified atom stereocenters. The van der Waals surface area contributed by atoms with E-state index in [1.807, 2.05) is 19.2 Å². The SMILES string of the molecule is CN1CCN(c2ccc(Nc3nc(Nc4ccc5nccnc5c4P=O)c4cc[nH]c4[nH+]3)c(OCC(F)(F)F)c2)CC1. The largest absolute Gasteiger partial charge is 0.481 e. The standard InChI is InChI=1S/C27H25F3N9O2P/c1-38-10-12-39(13-11-38)16-2-3-18(21(14-16)41-15-27(28,29)30)35-26-36-24-17(6-7-33-24)25(37-26)34-20-5-4-19-22(23(20)42-40)32-9-8-31-19/h2-9,14H,10-13,15H2,1H3,(H3,33,34,35,36,37)/p+1. The molecule has 6 rings (SSSR count). The van der Waals surface area contributed by atoms with E-state index in [1.54, 1.807) is 36.7 Å². The van der Waals surface area contributed by atoms with Crippen molar-refractivity contribution >= 4 is 64.7 Å². The molecule has 1 saturated heterocycles. The van der Waals surface area contributed by atoms with E-state index in [1.165, 1.54) is 6.20 Å². The van der Waals surface area contributed by atoms with Gasteiger partial charge in [-0.2, -0.15) is 13.2 Å². The number of halogens is 3. The van der Waals surface area contributed by atoms with Crippen LogP contribution in [0.2, 0.25) is 0 Å². The van der Waals surface area contributed by atoms with Crippen LogP contribution in [-0.2, 0) is 4.57 Å². The number of hydrogen-bond donors (Lipinski definition) is 3. The van der Waals surface area contributed by atoms with Crippen LogP contribution < -0.4 is 30.6 Å². The molecular weight excluding hydrogens is 570 g/mol. The zero-order valence-corrected chi connectivity index (χ0v) is 23.3. The highest BCUT2D eigenvalue weighted by atomic mass is 31.1. The quantitative estimate of drug-likeness (QED) is 0.223. The minimum atomic E-state index is -4.51. The minimum Gasteiger partial charge on any atom is -0.481 e. The van der Waals surface area contributed by atoms with Crippen LogP contribution in [0.3, 0.4) is 0 Å². The Balaban J connectivity index is 1.34. The van der Waals surface area contributed by atoms with Gasteiger partial charge in [-0.3, -0.25) is 24.8 Å². The molecule has 1 aliphatic rings. The summed E-state index contributed by atoms with van der Waals surface area (Å²) in [5.74, 6) is 0.687. The normalized spacial score (nSPS) is 14.5. The maximum Gasteiger partial charge on any atom is 0.422 e. The minimum absolute atomic E-state index is 0.0422. The van der Waals surface area contributed by atoms with Gasteiger partial charge in [0.25, 0.3) is 0 Å². The second-order valence-corrected chi connectivity index (χ2v) is 10.4. The molecular formula is C27H26F3N9O2P+. The molecule has 0 atom stereocenters. The lowest BCUT2D eigenvalue weighted by molar-refractivity contribution is -0.333. The van der Waals surface area contributed by atoms with Gasteiger partial charge in [-0.05, 0) is 37.4 Å². The molecule has 3 aromatic heterocycles. The average Bonchev–Trinajstić information content (AvgIpc) is 3.46. The van der Waals surface area contributed by atoms with E-state index in [0.29, 0.717) is 44.6 Å². The first kappa shape index (κ1) is 27.6. The molecule has 4 N–H and O–H groups in total. The van der Waals surface area contributed by atoms with E-state index in [9.17, 15) is 17.7 Å². The predicted octanol–water partition coefficient (Wildman–Crippen LogP) is 4.42. The van der Waals surface area contributed by atoms with Gasteiger partial charge in [0.05, 0.1) is 21.9 Å². The van der Waals surface area contributed by atoms with Gasteiger partial charge in [0.2, 0.25) is 11.5 Å². The van der Waals surface area contributed by atoms with Gasteiger partial charge in [-0.25, -0.2) is 4.98 Å². The van der Waals surface area contributed by atoms with Crippen molar-refractivity contribution in [2.24, 2.45) is 0 Å². The summed E-state index contributed by atoms with van der Waals surface area (Å²) in [6, 6.07) is 10.4. The number of H-pyrrole nitrogens is 2. The van der Waals surface area contributed by atoms with Crippen LogP contribution in [0.15, 0.2) is 55.0 Å². The topological polar surface area (TPSA) is 125 Å². The van der Waals surface area contributed by atoms with Crippen molar-refractivity contribution in [2.75, 3.05) is 55.4 Å². The molecule has 5 aromatic rings. The summed E-state index contributed by atoms with van der Waals surface area (Å²) in [5.41, 5.74) is 3.26. The molecule has 1 fully saturated rings. The monoisotopic (exact) mass is 596 g/mol. The van der Waals surface area contributed by atoms with Crippen LogP contribution in [0.1, 0.15) is 0 Å². The number of nitrogens with one attached hydrogen (secondary N) is 4. The van der Waals surface area contributed by atoms with E-state index in [2.05, 4.69) is 45.4 Å². The van der Waals surface area contributed by atoms with Crippen molar-refractivity contribution in [1.82, 2.24) is 24.8 Å². The predicted molar refractivity (Wildman–Crippen MR) is 154 cm³/mol. The van der Waals surface area contributed by atoms with Crippen LogP contribution in [0, 0.1) is 0 Å². The van der Waals surface area contributed by atoms with E-state index in [-0.39, 0.29) is 20.2 Å². The number of piperazine rings is 1. The zero-order chi connectivity index (χ0) is 29.3. The second kappa shape index (κ2) is 11.4. The van der Waals surface area contributed by atoms with Crippen LogP contribution in [0.25, 0.3) is 22.1 Å². The van der Waals surface area contributed by atoms with Gasteiger partial charge in [0, 0.05) is 56.5 Å². The summed E-state index contributed by atoms with van der Waals surface area (Å²) >= 11 is 0. The molecule has 2 aromatic carbocycles. The van der Waals surface area contributed by atoms with Crippen molar-refractivity contribution in [3.05, 3.63) is 55.0 Å². The van der Waals surface area contributed by atoms with Gasteiger partial charge in [-0.1, -0.05) is 4.98 Å². The first-order valence-electron chi connectivity index (χ1n) is 13.1. The van der Waals surface area contributed by atoms with Crippen LogP contribution >= 0.6 is 8.46 Å². The summed E-state index contributed by atoms with van der Waals surface area (Å²) in [5, 5.41) is 7.42. The van der Waals surface area contributed by atoms with Crippen molar-refractivity contribution in [3.63, 3.8) is 0 Å². The number of nitrogens with zero attached hydrogens (tertiary/aromatic N) is 5.